The van der Waals surface area contributed by atoms with Gasteiger partial charge in [-0.3, -0.25) is 9.69 Å². The predicted octanol–water partition coefficient (Wildman–Crippen LogP) is 5.14. The normalized spacial score (nSPS) is 21.0. The van der Waals surface area contributed by atoms with Crippen LogP contribution in [0.2, 0.25) is 0 Å². The fraction of sp³-hybridized carbons (Fsp3) is 0.520. The lowest BCUT2D eigenvalue weighted by Gasteiger charge is -2.29. The highest BCUT2D eigenvalue weighted by atomic mass is 16.5. The molecule has 1 atom stereocenters. The monoisotopic (exact) mass is 390 g/mol. The first-order chi connectivity index (χ1) is 14.2. The van der Waals surface area contributed by atoms with Crippen LogP contribution in [0.1, 0.15) is 60.9 Å². The molecule has 2 fully saturated rings. The third-order valence-electron chi connectivity index (χ3n) is 6.76. The van der Waals surface area contributed by atoms with Crippen molar-refractivity contribution in [2.45, 2.75) is 57.4 Å². The summed E-state index contributed by atoms with van der Waals surface area (Å²) in [4.78, 5) is 16.0. The standard InChI is InChI=1S/C25H30N2O2/c1-29-24-12-10-18-16-19(9-11-22(18)23(24)13-14-26)25(28)20-6-4-5-15-27(17-20)21-7-2-3-8-21/h9-12,16,20-21H,2-8,13,15,17H2,1H3. The van der Waals surface area contributed by atoms with Crippen LogP contribution in [0.3, 0.4) is 0 Å². The lowest BCUT2D eigenvalue weighted by Crippen LogP contribution is -2.38. The van der Waals surface area contributed by atoms with Gasteiger partial charge in [0, 0.05) is 29.6 Å². The first-order valence-corrected chi connectivity index (χ1v) is 11.0. The Hall–Kier alpha value is -2.38. The third-order valence-corrected chi connectivity index (χ3v) is 6.76. The molecule has 1 unspecified atom stereocenters. The van der Waals surface area contributed by atoms with Crippen LogP contribution >= 0.6 is 0 Å². The minimum absolute atomic E-state index is 0.0902. The fourth-order valence-electron chi connectivity index (χ4n) is 5.20. The van der Waals surface area contributed by atoms with Gasteiger partial charge in [0.15, 0.2) is 5.78 Å². The molecule has 1 heterocycles. The number of carbonyl (C=O) groups excluding carboxylic acids is 1. The summed E-state index contributed by atoms with van der Waals surface area (Å²) in [5, 5.41) is 11.2. The molecule has 152 valence electrons. The molecule has 4 nitrogen and oxygen atoms in total. The Morgan fingerprint density at radius 2 is 1.93 bits per heavy atom. The molecule has 29 heavy (non-hydrogen) atoms. The van der Waals surface area contributed by atoms with Gasteiger partial charge in [-0.15, -0.1) is 0 Å². The van der Waals surface area contributed by atoms with E-state index in [1.807, 2.05) is 30.3 Å². The Morgan fingerprint density at radius 1 is 1.14 bits per heavy atom. The summed E-state index contributed by atoms with van der Waals surface area (Å²) in [7, 11) is 1.63. The van der Waals surface area contributed by atoms with Crippen molar-refractivity contribution < 1.29 is 9.53 Å². The molecule has 0 radical (unpaired) electrons. The molecule has 2 aromatic rings. The van der Waals surface area contributed by atoms with Gasteiger partial charge in [0.25, 0.3) is 0 Å². The highest BCUT2D eigenvalue weighted by Gasteiger charge is 2.30. The van der Waals surface area contributed by atoms with Crippen molar-refractivity contribution in [3.8, 4) is 11.8 Å². The van der Waals surface area contributed by atoms with Crippen molar-refractivity contribution in [3.05, 3.63) is 41.5 Å². The van der Waals surface area contributed by atoms with Gasteiger partial charge in [-0.1, -0.05) is 37.5 Å². The van der Waals surface area contributed by atoms with Gasteiger partial charge >= 0.3 is 0 Å². The van der Waals surface area contributed by atoms with Crippen LogP contribution in [0, 0.1) is 17.2 Å². The minimum atomic E-state index is 0.0902. The highest BCUT2D eigenvalue weighted by Crippen LogP contribution is 2.32. The summed E-state index contributed by atoms with van der Waals surface area (Å²) in [6.07, 6.45) is 8.87. The highest BCUT2D eigenvalue weighted by molar-refractivity contribution is 6.02. The summed E-state index contributed by atoms with van der Waals surface area (Å²) in [5.41, 5.74) is 1.69. The summed E-state index contributed by atoms with van der Waals surface area (Å²) >= 11 is 0. The lowest BCUT2D eigenvalue weighted by atomic mass is 9.91. The smallest absolute Gasteiger partial charge is 0.167 e. The molecule has 1 saturated heterocycles. The Bertz CT molecular complexity index is 924. The summed E-state index contributed by atoms with van der Waals surface area (Å²) in [6.45, 7) is 2.05. The molecular formula is C25H30N2O2. The van der Waals surface area contributed by atoms with Crippen molar-refractivity contribution in [2.75, 3.05) is 20.2 Å². The van der Waals surface area contributed by atoms with Crippen LogP contribution in [-0.2, 0) is 6.42 Å². The Labute approximate surface area is 173 Å². The quantitative estimate of drug-likeness (QED) is 0.663. The van der Waals surface area contributed by atoms with Crippen molar-refractivity contribution in [1.29, 1.82) is 5.26 Å². The molecule has 1 aliphatic heterocycles. The Kier molecular flexibility index (Phi) is 6.16. The van der Waals surface area contributed by atoms with Gasteiger partial charge in [0.05, 0.1) is 19.6 Å². The zero-order valence-electron chi connectivity index (χ0n) is 17.3. The number of fused-ring (bicyclic) bond motifs is 1. The average Bonchev–Trinajstić information content (AvgIpc) is 3.18. The maximum atomic E-state index is 13.4. The van der Waals surface area contributed by atoms with Crippen LogP contribution in [-0.4, -0.2) is 36.9 Å². The van der Waals surface area contributed by atoms with E-state index in [0.29, 0.717) is 12.5 Å². The number of carbonyl (C=O) groups is 1. The number of likely N-dealkylation sites (tertiary alicyclic amines) is 1. The fourth-order valence-corrected chi connectivity index (χ4v) is 5.20. The molecule has 2 aliphatic rings. The van der Waals surface area contributed by atoms with Gasteiger partial charge in [-0.05, 0) is 55.1 Å². The second kappa shape index (κ2) is 8.97. The van der Waals surface area contributed by atoms with Gasteiger partial charge in [0.2, 0.25) is 0 Å². The Morgan fingerprint density at radius 3 is 2.69 bits per heavy atom. The molecule has 0 spiro atoms. The van der Waals surface area contributed by atoms with Crippen molar-refractivity contribution >= 4 is 16.6 Å². The SMILES string of the molecule is COc1ccc2cc(C(=O)C3CCCCN(C4CCCC4)C3)ccc2c1CC#N. The number of nitrogens with zero attached hydrogens (tertiary/aromatic N) is 2. The predicted molar refractivity (Wildman–Crippen MR) is 115 cm³/mol. The minimum Gasteiger partial charge on any atom is -0.496 e. The Balaban J connectivity index is 1.59. The maximum Gasteiger partial charge on any atom is 0.167 e. The second-order valence-electron chi connectivity index (χ2n) is 8.51. The number of benzene rings is 2. The average molecular weight is 391 g/mol. The summed E-state index contributed by atoms with van der Waals surface area (Å²) in [5.74, 6) is 1.09. The lowest BCUT2D eigenvalue weighted by molar-refractivity contribution is 0.0864. The van der Waals surface area contributed by atoms with Crippen molar-refractivity contribution in [1.82, 2.24) is 4.90 Å². The number of nitriles is 1. The first-order valence-electron chi connectivity index (χ1n) is 11.0. The van der Waals surface area contributed by atoms with Crippen LogP contribution in [0.4, 0.5) is 0 Å². The van der Waals surface area contributed by atoms with E-state index in [-0.39, 0.29) is 11.7 Å². The van der Waals surface area contributed by atoms with Crippen LogP contribution in [0.25, 0.3) is 10.8 Å². The number of hydrogen-bond acceptors (Lipinski definition) is 4. The molecule has 2 aromatic carbocycles. The van der Waals surface area contributed by atoms with Crippen LogP contribution in [0.5, 0.6) is 5.75 Å². The number of ether oxygens (including phenoxy) is 1. The van der Waals surface area contributed by atoms with Gasteiger partial charge in [-0.2, -0.15) is 5.26 Å². The van der Waals surface area contributed by atoms with E-state index in [4.69, 9.17) is 4.74 Å². The second-order valence-corrected chi connectivity index (χ2v) is 8.51. The number of hydrogen-bond donors (Lipinski definition) is 0. The molecule has 0 amide bonds. The summed E-state index contributed by atoms with van der Waals surface area (Å²) < 4.78 is 5.43. The maximum absolute atomic E-state index is 13.4. The number of Topliss-reactive ketones (excluding diaryl/α,β-unsaturated/α-hetero) is 1. The molecule has 1 aliphatic carbocycles. The van der Waals surface area contributed by atoms with Gasteiger partial charge in [0.1, 0.15) is 5.75 Å². The summed E-state index contributed by atoms with van der Waals surface area (Å²) in [6, 6.07) is 12.7. The number of methoxy groups -OCH3 is 1. The van der Waals surface area contributed by atoms with Crippen molar-refractivity contribution in [2.24, 2.45) is 5.92 Å². The van der Waals surface area contributed by atoms with Crippen LogP contribution in [0.15, 0.2) is 30.3 Å². The van der Waals surface area contributed by atoms with Gasteiger partial charge in [-0.25, -0.2) is 0 Å². The number of rotatable bonds is 5. The van der Waals surface area contributed by atoms with E-state index in [1.165, 1.54) is 32.1 Å². The van der Waals surface area contributed by atoms with E-state index in [9.17, 15) is 10.1 Å². The molecule has 4 rings (SSSR count). The number of ketones is 1. The van der Waals surface area contributed by atoms with E-state index < -0.39 is 0 Å². The van der Waals surface area contributed by atoms with E-state index in [1.54, 1.807) is 7.11 Å². The molecule has 0 bridgehead atoms. The first kappa shape index (κ1) is 19.9. The molecule has 0 N–H and O–H groups in total. The van der Waals surface area contributed by atoms with Crippen molar-refractivity contribution in [3.63, 3.8) is 0 Å². The molecule has 4 heteroatoms. The van der Waals surface area contributed by atoms with E-state index in [0.717, 1.165) is 53.6 Å². The van der Waals surface area contributed by atoms with E-state index >= 15 is 0 Å². The van der Waals surface area contributed by atoms with E-state index in [2.05, 4.69) is 11.0 Å². The molecular weight excluding hydrogens is 360 g/mol. The van der Waals surface area contributed by atoms with Gasteiger partial charge < -0.3 is 4.74 Å². The van der Waals surface area contributed by atoms with Crippen LogP contribution < -0.4 is 4.74 Å². The largest absolute Gasteiger partial charge is 0.496 e. The molecule has 0 aromatic heterocycles. The topological polar surface area (TPSA) is 53.3 Å². The zero-order chi connectivity index (χ0) is 20.2. The zero-order valence-corrected chi connectivity index (χ0v) is 17.3. The molecule has 1 saturated carbocycles. The third kappa shape index (κ3) is 4.16.